The van der Waals surface area contributed by atoms with E-state index in [1.807, 2.05) is 7.11 Å². The van der Waals surface area contributed by atoms with Crippen molar-refractivity contribution in [1.29, 1.82) is 0 Å². The Balaban J connectivity index is 1.74. The number of halogens is 1. The van der Waals surface area contributed by atoms with Crippen LogP contribution in [0.1, 0.15) is 38.5 Å². The molecular formula is C19H30ClNO2. The average molecular weight is 340 g/mol. The highest BCUT2D eigenvalue weighted by Crippen LogP contribution is 2.59. The molecule has 0 radical (unpaired) electrons. The third-order valence-electron chi connectivity index (χ3n) is 6.89. The smallest absolute Gasteiger partial charge is 0.0881 e. The van der Waals surface area contributed by atoms with Crippen molar-refractivity contribution >= 4 is 11.6 Å². The van der Waals surface area contributed by atoms with Gasteiger partial charge >= 0.3 is 0 Å². The van der Waals surface area contributed by atoms with Crippen LogP contribution < -0.4 is 0 Å². The zero-order valence-corrected chi connectivity index (χ0v) is 15.2. The first-order valence-corrected chi connectivity index (χ1v) is 9.78. The molecule has 2 aliphatic heterocycles. The van der Waals surface area contributed by atoms with E-state index >= 15 is 0 Å². The van der Waals surface area contributed by atoms with E-state index in [0.29, 0.717) is 5.92 Å². The lowest BCUT2D eigenvalue weighted by molar-refractivity contribution is -0.0946. The molecule has 2 aliphatic carbocycles. The monoisotopic (exact) mass is 339 g/mol. The highest BCUT2D eigenvalue weighted by molar-refractivity contribution is 6.21. The van der Waals surface area contributed by atoms with Crippen LogP contribution in [0.5, 0.6) is 0 Å². The summed E-state index contributed by atoms with van der Waals surface area (Å²) in [6, 6.07) is 0. The molecule has 0 aromatic rings. The predicted molar refractivity (Wildman–Crippen MR) is 92.9 cm³/mol. The van der Waals surface area contributed by atoms with Crippen molar-refractivity contribution in [2.24, 2.45) is 17.3 Å². The van der Waals surface area contributed by atoms with Gasteiger partial charge in [0.15, 0.2) is 0 Å². The van der Waals surface area contributed by atoms with Gasteiger partial charge in [0.1, 0.15) is 0 Å². The van der Waals surface area contributed by atoms with Gasteiger partial charge in [-0.1, -0.05) is 18.6 Å². The first-order valence-electron chi connectivity index (χ1n) is 9.34. The molecule has 4 heteroatoms. The summed E-state index contributed by atoms with van der Waals surface area (Å²) in [5, 5.41) is 0.125. The highest BCUT2D eigenvalue weighted by Gasteiger charge is 2.61. The number of hydrogen-bond donors (Lipinski definition) is 0. The summed E-state index contributed by atoms with van der Waals surface area (Å²) in [4.78, 5) is 2.54. The summed E-state index contributed by atoms with van der Waals surface area (Å²) in [6.07, 6.45) is 12.7. The van der Waals surface area contributed by atoms with Crippen LogP contribution in [0.2, 0.25) is 0 Å². The van der Waals surface area contributed by atoms with Crippen LogP contribution in [0, 0.1) is 17.3 Å². The lowest BCUT2D eigenvalue weighted by Gasteiger charge is -2.46. The van der Waals surface area contributed by atoms with Crippen LogP contribution in [0.3, 0.4) is 0 Å². The van der Waals surface area contributed by atoms with E-state index in [9.17, 15) is 0 Å². The normalized spacial score (nSPS) is 50.6. The lowest BCUT2D eigenvalue weighted by Crippen LogP contribution is -2.49. The van der Waals surface area contributed by atoms with Crippen LogP contribution in [0.15, 0.2) is 12.2 Å². The van der Waals surface area contributed by atoms with Crippen molar-refractivity contribution in [3.8, 4) is 0 Å². The maximum atomic E-state index is 6.66. The summed E-state index contributed by atoms with van der Waals surface area (Å²) in [7, 11) is 4.14. The van der Waals surface area contributed by atoms with E-state index in [0.717, 1.165) is 18.8 Å². The van der Waals surface area contributed by atoms with Gasteiger partial charge in [-0.25, -0.2) is 0 Å². The lowest BCUT2D eigenvalue weighted by atomic mass is 9.58. The SMILES string of the molecule is COC1CCC2CN(C)CCCCC34C=CC(Cl)CC3OC1C24. The molecule has 0 amide bonds. The van der Waals surface area contributed by atoms with E-state index in [-0.39, 0.29) is 29.1 Å². The number of nitrogens with zero attached hydrogens (tertiary/aromatic N) is 1. The van der Waals surface area contributed by atoms with Crippen molar-refractivity contribution < 1.29 is 9.47 Å². The molecule has 23 heavy (non-hydrogen) atoms. The van der Waals surface area contributed by atoms with Crippen molar-refractivity contribution in [3.05, 3.63) is 12.2 Å². The summed E-state index contributed by atoms with van der Waals surface area (Å²) in [5.41, 5.74) is 0.198. The minimum Gasteiger partial charge on any atom is -0.379 e. The minimum absolute atomic E-state index is 0.125. The van der Waals surface area contributed by atoms with Gasteiger partial charge < -0.3 is 14.4 Å². The topological polar surface area (TPSA) is 21.7 Å². The van der Waals surface area contributed by atoms with Gasteiger partial charge in [0.25, 0.3) is 0 Å². The zero-order valence-electron chi connectivity index (χ0n) is 14.4. The maximum absolute atomic E-state index is 6.66. The number of ether oxygens (including phenoxy) is 2. The summed E-state index contributed by atoms with van der Waals surface area (Å²) >= 11 is 6.45. The Hall–Kier alpha value is -0.0900. The zero-order chi connectivity index (χ0) is 16.0. The number of methoxy groups -OCH3 is 1. The Labute approximate surface area is 145 Å². The first kappa shape index (κ1) is 16.4. The van der Waals surface area contributed by atoms with E-state index in [1.165, 1.54) is 38.8 Å². The Kier molecular flexibility index (Phi) is 4.51. The molecular weight excluding hydrogens is 310 g/mol. The van der Waals surface area contributed by atoms with Crippen LogP contribution in [0.25, 0.3) is 0 Å². The molecule has 4 aliphatic rings. The van der Waals surface area contributed by atoms with Crippen molar-refractivity contribution in [2.45, 2.75) is 62.2 Å². The Morgan fingerprint density at radius 2 is 2.17 bits per heavy atom. The molecule has 2 saturated heterocycles. The predicted octanol–water partition coefficient (Wildman–Crippen LogP) is 3.46. The second-order valence-electron chi connectivity index (χ2n) is 8.17. The second kappa shape index (κ2) is 6.33. The molecule has 7 unspecified atom stereocenters. The molecule has 2 heterocycles. The van der Waals surface area contributed by atoms with Crippen molar-refractivity contribution in [3.63, 3.8) is 0 Å². The van der Waals surface area contributed by atoms with Gasteiger partial charge in [0.2, 0.25) is 0 Å². The second-order valence-corrected chi connectivity index (χ2v) is 8.73. The summed E-state index contributed by atoms with van der Waals surface area (Å²) in [6.45, 7) is 2.43. The van der Waals surface area contributed by atoms with Gasteiger partial charge in [0, 0.05) is 25.0 Å². The Morgan fingerprint density at radius 3 is 3.00 bits per heavy atom. The van der Waals surface area contributed by atoms with Crippen molar-refractivity contribution in [2.75, 3.05) is 27.2 Å². The fourth-order valence-corrected chi connectivity index (χ4v) is 6.14. The third kappa shape index (κ3) is 2.68. The Morgan fingerprint density at radius 1 is 1.30 bits per heavy atom. The molecule has 0 aromatic heterocycles. The molecule has 0 aromatic carbocycles. The standard InChI is InChI=1S/C19H30ClNO2/c1-21-10-4-3-8-19-9-7-14(20)11-16(19)23-18-15(22-2)6-5-13(12-21)17(18)19/h7,9,13-18H,3-6,8,10-12H2,1-2H3. The molecule has 1 saturated carbocycles. The van der Waals surface area contributed by atoms with Crippen LogP contribution in [-0.4, -0.2) is 55.8 Å². The number of alkyl halides is 1. The largest absolute Gasteiger partial charge is 0.379 e. The van der Waals surface area contributed by atoms with Crippen LogP contribution >= 0.6 is 11.6 Å². The van der Waals surface area contributed by atoms with Crippen molar-refractivity contribution in [1.82, 2.24) is 4.90 Å². The van der Waals surface area contributed by atoms with Gasteiger partial charge in [0.05, 0.1) is 23.7 Å². The minimum atomic E-state index is 0.125. The highest BCUT2D eigenvalue weighted by atomic mass is 35.5. The molecule has 4 rings (SSSR count). The van der Waals surface area contributed by atoms with Gasteiger partial charge in [-0.05, 0) is 51.6 Å². The Bertz CT molecular complexity index is 470. The third-order valence-corrected chi connectivity index (χ3v) is 7.22. The van der Waals surface area contributed by atoms with Gasteiger partial charge in [-0.15, -0.1) is 11.6 Å². The molecule has 7 atom stereocenters. The number of hydrogen-bond acceptors (Lipinski definition) is 3. The molecule has 3 nitrogen and oxygen atoms in total. The van der Waals surface area contributed by atoms with E-state index in [1.54, 1.807) is 0 Å². The molecule has 130 valence electrons. The van der Waals surface area contributed by atoms with E-state index in [2.05, 4.69) is 24.1 Å². The molecule has 0 bridgehead atoms. The first-order chi connectivity index (χ1) is 11.1. The average Bonchev–Trinajstić information content (AvgIpc) is 2.89. The fraction of sp³-hybridized carbons (Fsp3) is 0.895. The van der Waals surface area contributed by atoms with Gasteiger partial charge in [-0.2, -0.15) is 0 Å². The van der Waals surface area contributed by atoms with E-state index < -0.39 is 0 Å². The number of rotatable bonds is 1. The molecule has 0 N–H and O–H groups in total. The van der Waals surface area contributed by atoms with Crippen LogP contribution in [0.4, 0.5) is 0 Å². The fourth-order valence-electron chi connectivity index (χ4n) is 5.90. The van der Waals surface area contributed by atoms with Crippen LogP contribution in [-0.2, 0) is 9.47 Å². The molecule has 3 fully saturated rings. The molecule has 1 spiro atoms. The van der Waals surface area contributed by atoms with Gasteiger partial charge in [-0.3, -0.25) is 0 Å². The maximum Gasteiger partial charge on any atom is 0.0881 e. The summed E-state index contributed by atoms with van der Waals surface area (Å²) < 4.78 is 12.5. The summed E-state index contributed by atoms with van der Waals surface area (Å²) in [5.74, 6) is 1.31. The van der Waals surface area contributed by atoms with E-state index in [4.69, 9.17) is 21.1 Å². The number of allylic oxidation sites excluding steroid dienone is 1. The quantitative estimate of drug-likeness (QED) is 0.539.